The van der Waals surface area contributed by atoms with E-state index in [-0.39, 0.29) is 5.57 Å². The fourth-order valence-corrected chi connectivity index (χ4v) is 3.25. The summed E-state index contributed by atoms with van der Waals surface area (Å²) < 4.78 is 6.32. The maximum absolute atomic E-state index is 12.8. The van der Waals surface area contributed by atoms with Gasteiger partial charge in [-0.15, -0.1) is 0 Å². The van der Waals surface area contributed by atoms with Gasteiger partial charge in [0.2, 0.25) is 5.88 Å². The Bertz CT molecular complexity index is 946. The molecule has 4 amide bonds. The Labute approximate surface area is 158 Å². The van der Waals surface area contributed by atoms with Crippen LogP contribution in [0, 0.1) is 6.92 Å². The number of urea groups is 1. The Kier molecular flexibility index (Phi) is 4.69. The van der Waals surface area contributed by atoms with Gasteiger partial charge in [-0.1, -0.05) is 18.2 Å². The van der Waals surface area contributed by atoms with Gasteiger partial charge < -0.3 is 9.32 Å². The number of para-hydroxylation sites is 1. The van der Waals surface area contributed by atoms with Crippen molar-refractivity contribution in [3.05, 3.63) is 51.7 Å². The highest BCUT2D eigenvalue weighted by molar-refractivity contribution is 9.10. The summed E-state index contributed by atoms with van der Waals surface area (Å²) in [6, 6.07) is 7.82. The number of carbonyl (C=O) groups excluding carboxylic acids is 3. The molecule has 0 spiro atoms. The Morgan fingerprint density at radius 1 is 1.19 bits per heavy atom. The number of rotatable bonds is 3. The minimum Gasteiger partial charge on any atom is -0.440 e. The molecule has 3 rings (SSSR count). The van der Waals surface area contributed by atoms with Crippen molar-refractivity contribution in [2.24, 2.45) is 0 Å². The molecule has 0 bridgehead atoms. The zero-order valence-electron chi connectivity index (χ0n) is 14.4. The predicted molar refractivity (Wildman–Crippen MR) is 101 cm³/mol. The van der Waals surface area contributed by atoms with E-state index >= 15 is 0 Å². The first-order valence-corrected chi connectivity index (χ1v) is 8.52. The number of furan rings is 1. The van der Waals surface area contributed by atoms with Crippen LogP contribution in [0.1, 0.15) is 11.3 Å². The molecule has 1 aromatic carbocycles. The number of imide groups is 2. The fraction of sp³-hybridized carbons (Fsp3) is 0.167. The summed E-state index contributed by atoms with van der Waals surface area (Å²) in [4.78, 5) is 40.0. The largest absolute Gasteiger partial charge is 0.440 e. The van der Waals surface area contributed by atoms with E-state index < -0.39 is 17.8 Å². The molecule has 134 valence electrons. The van der Waals surface area contributed by atoms with Crippen molar-refractivity contribution >= 4 is 51.4 Å². The number of carbonyl (C=O) groups is 3. The number of anilines is 2. The summed E-state index contributed by atoms with van der Waals surface area (Å²) in [7, 11) is 3.61. The molecule has 1 saturated heterocycles. The van der Waals surface area contributed by atoms with Gasteiger partial charge in [-0.3, -0.25) is 14.9 Å². The van der Waals surface area contributed by atoms with Gasteiger partial charge in [-0.05, 0) is 40.6 Å². The van der Waals surface area contributed by atoms with Crippen LogP contribution in [0.4, 0.5) is 16.4 Å². The molecular formula is C18H16BrN3O4. The monoisotopic (exact) mass is 417 g/mol. The molecule has 0 unspecified atom stereocenters. The summed E-state index contributed by atoms with van der Waals surface area (Å²) in [5.41, 5.74) is 0.975. The van der Waals surface area contributed by atoms with Crippen molar-refractivity contribution in [3.63, 3.8) is 0 Å². The molecule has 2 aromatic rings. The van der Waals surface area contributed by atoms with E-state index in [0.29, 0.717) is 21.8 Å². The van der Waals surface area contributed by atoms with E-state index in [1.807, 2.05) is 0 Å². The lowest BCUT2D eigenvalue weighted by molar-refractivity contribution is -0.122. The van der Waals surface area contributed by atoms with E-state index in [4.69, 9.17) is 4.42 Å². The first-order chi connectivity index (χ1) is 12.3. The fourth-order valence-electron chi connectivity index (χ4n) is 2.59. The Morgan fingerprint density at radius 3 is 2.50 bits per heavy atom. The molecule has 1 aliphatic rings. The minimum atomic E-state index is -0.777. The van der Waals surface area contributed by atoms with Gasteiger partial charge in [0.05, 0.1) is 10.2 Å². The number of amides is 4. The third-order valence-electron chi connectivity index (χ3n) is 3.84. The Balaban J connectivity index is 2.03. The van der Waals surface area contributed by atoms with Crippen molar-refractivity contribution in [2.45, 2.75) is 6.92 Å². The highest BCUT2D eigenvalue weighted by Crippen LogP contribution is 2.31. The predicted octanol–water partition coefficient (Wildman–Crippen LogP) is 3.08. The number of barbiturate groups is 1. The molecule has 1 N–H and O–H groups in total. The van der Waals surface area contributed by atoms with E-state index in [9.17, 15) is 14.4 Å². The zero-order chi connectivity index (χ0) is 19.0. The average Bonchev–Trinajstić information content (AvgIpc) is 2.94. The lowest BCUT2D eigenvalue weighted by Gasteiger charge is -2.27. The Hall–Kier alpha value is -2.87. The summed E-state index contributed by atoms with van der Waals surface area (Å²) in [5, 5.41) is 2.20. The number of hydrogen-bond donors (Lipinski definition) is 1. The molecule has 7 nitrogen and oxygen atoms in total. The first-order valence-electron chi connectivity index (χ1n) is 7.73. The van der Waals surface area contributed by atoms with Gasteiger partial charge in [0.15, 0.2) is 0 Å². The third kappa shape index (κ3) is 3.15. The molecule has 0 saturated carbocycles. The minimum absolute atomic E-state index is 0.181. The maximum atomic E-state index is 12.8. The van der Waals surface area contributed by atoms with Gasteiger partial charge in [0.1, 0.15) is 11.3 Å². The van der Waals surface area contributed by atoms with Gasteiger partial charge in [-0.25, -0.2) is 9.69 Å². The van der Waals surface area contributed by atoms with Crippen LogP contribution in [-0.4, -0.2) is 31.9 Å². The summed E-state index contributed by atoms with van der Waals surface area (Å²) in [6.07, 6.45) is 1.33. The van der Waals surface area contributed by atoms with Crippen molar-refractivity contribution in [1.82, 2.24) is 5.32 Å². The highest BCUT2D eigenvalue weighted by Gasteiger charge is 2.37. The van der Waals surface area contributed by atoms with Crippen LogP contribution < -0.4 is 15.1 Å². The molecule has 0 atom stereocenters. The molecule has 1 aromatic heterocycles. The third-order valence-corrected chi connectivity index (χ3v) is 4.41. The van der Waals surface area contributed by atoms with Crippen LogP contribution in [0.2, 0.25) is 0 Å². The quantitative estimate of drug-likeness (QED) is 0.612. The molecule has 0 aliphatic carbocycles. The highest BCUT2D eigenvalue weighted by atomic mass is 79.9. The summed E-state index contributed by atoms with van der Waals surface area (Å²) in [5.74, 6) is -0.596. The smallest absolute Gasteiger partial charge is 0.335 e. The molecule has 1 aliphatic heterocycles. The van der Waals surface area contributed by atoms with Gasteiger partial charge >= 0.3 is 6.03 Å². The zero-order valence-corrected chi connectivity index (χ0v) is 16.0. The topological polar surface area (TPSA) is 82.9 Å². The van der Waals surface area contributed by atoms with Crippen LogP contribution in [-0.2, 0) is 9.59 Å². The van der Waals surface area contributed by atoms with Gasteiger partial charge in [0, 0.05) is 20.2 Å². The van der Waals surface area contributed by atoms with Crippen molar-refractivity contribution < 1.29 is 18.8 Å². The first kappa shape index (κ1) is 17.9. The number of halogens is 1. The molecule has 0 radical (unpaired) electrons. The van der Waals surface area contributed by atoms with Crippen LogP contribution >= 0.6 is 15.9 Å². The summed E-state index contributed by atoms with van der Waals surface area (Å²) in [6.45, 7) is 1.78. The number of nitrogens with zero attached hydrogens (tertiary/aromatic N) is 2. The van der Waals surface area contributed by atoms with E-state index in [2.05, 4.69) is 21.2 Å². The van der Waals surface area contributed by atoms with E-state index in [0.717, 1.165) is 10.5 Å². The van der Waals surface area contributed by atoms with Gasteiger partial charge in [0.25, 0.3) is 11.8 Å². The average molecular weight is 418 g/mol. The van der Waals surface area contributed by atoms with Crippen LogP contribution in [0.25, 0.3) is 6.08 Å². The lowest BCUT2D eigenvalue weighted by Crippen LogP contribution is -2.54. The van der Waals surface area contributed by atoms with E-state index in [1.165, 1.54) is 6.08 Å². The van der Waals surface area contributed by atoms with E-state index in [1.54, 1.807) is 56.3 Å². The second kappa shape index (κ2) is 6.80. The second-order valence-corrected chi connectivity index (χ2v) is 6.79. The standard InChI is InChI=1S/C18H16BrN3O4/c1-10-6-4-5-7-14(10)22-16(24)12(15(23)20-18(22)25)8-11-9-13(19)17(26-11)21(2)3/h4-9H,1-3H3,(H,20,23,25). The van der Waals surface area contributed by atoms with Crippen molar-refractivity contribution in [1.29, 1.82) is 0 Å². The lowest BCUT2D eigenvalue weighted by atomic mass is 10.1. The SMILES string of the molecule is Cc1ccccc1N1C(=O)NC(=O)C(=Cc2cc(Br)c(N(C)C)o2)C1=O. The normalized spacial score (nSPS) is 16.2. The number of aryl methyl sites for hydroxylation is 1. The van der Waals surface area contributed by atoms with Crippen molar-refractivity contribution in [2.75, 3.05) is 23.9 Å². The molecule has 26 heavy (non-hydrogen) atoms. The Morgan fingerprint density at radius 2 is 1.88 bits per heavy atom. The molecule has 1 fully saturated rings. The van der Waals surface area contributed by atoms with Crippen LogP contribution in [0.3, 0.4) is 0 Å². The van der Waals surface area contributed by atoms with Crippen molar-refractivity contribution in [3.8, 4) is 0 Å². The molecule has 2 heterocycles. The van der Waals surface area contributed by atoms with Gasteiger partial charge in [-0.2, -0.15) is 0 Å². The van der Waals surface area contributed by atoms with Crippen LogP contribution in [0.5, 0.6) is 0 Å². The molecule has 8 heteroatoms. The number of hydrogen-bond acceptors (Lipinski definition) is 5. The van der Waals surface area contributed by atoms with Crippen LogP contribution in [0.15, 0.2) is 44.8 Å². The molecular weight excluding hydrogens is 402 g/mol. The number of nitrogens with one attached hydrogen (secondary N) is 1. The maximum Gasteiger partial charge on any atom is 0.335 e. The number of benzene rings is 1. The summed E-state index contributed by atoms with van der Waals surface area (Å²) >= 11 is 3.37. The second-order valence-electron chi connectivity index (χ2n) is 5.94.